The summed E-state index contributed by atoms with van der Waals surface area (Å²) in [7, 11) is 0. The highest BCUT2D eigenvalue weighted by Gasteiger charge is 2.05. The van der Waals surface area contributed by atoms with Crippen LogP contribution in [0.15, 0.2) is 23.1 Å². The van der Waals surface area contributed by atoms with Gasteiger partial charge in [-0.3, -0.25) is 0 Å². The molecule has 1 aromatic rings. The van der Waals surface area contributed by atoms with Crippen molar-refractivity contribution in [2.45, 2.75) is 24.7 Å². The summed E-state index contributed by atoms with van der Waals surface area (Å²) in [5.74, 6) is 0.0800. The first-order chi connectivity index (χ1) is 5.11. The Bertz CT molecular complexity index is 256. The van der Waals surface area contributed by atoms with Gasteiger partial charge in [0, 0.05) is 4.90 Å². The summed E-state index contributed by atoms with van der Waals surface area (Å²) in [5.41, 5.74) is 0.753. The van der Waals surface area contributed by atoms with Gasteiger partial charge >= 0.3 is 0 Å². The van der Waals surface area contributed by atoms with Crippen LogP contribution < -0.4 is 0 Å². The van der Waals surface area contributed by atoms with Crippen LogP contribution in [-0.4, -0.2) is 0 Å². The van der Waals surface area contributed by atoms with Crippen LogP contribution in [0.2, 0.25) is 0 Å². The van der Waals surface area contributed by atoms with E-state index in [1.54, 1.807) is 6.07 Å². The first-order valence-electron chi connectivity index (χ1n) is 3.59. The van der Waals surface area contributed by atoms with Crippen molar-refractivity contribution in [3.05, 3.63) is 29.6 Å². The predicted molar refractivity (Wildman–Crippen MR) is 47.7 cm³/mol. The van der Waals surface area contributed by atoms with Gasteiger partial charge in [-0.2, -0.15) is 0 Å². The molecule has 11 heavy (non-hydrogen) atoms. The molecule has 0 fully saturated rings. The van der Waals surface area contributed by atoms with Crippen LogP contribution in [0.25, 0.3) is 0 Å². The van der Waals surface area contributed by atoms with Gasteiger partial charge in [0.25, 0.3) is 0 Å². The van der Waals surface area contributed by atoms with E-state index in [0.29, 0.717) is 4.90 Å². The predicted octanol–water partition coefficient (Wildman–Crippen LogP) is 3.24. The minimum absolute atomic E-state index is 0.160. The highest BCUT2D eigenvalue weighted by Crippen LogP contribution is 2.20. The van der Waals surface area contributed by atoms with Crippen LogP contribution in [0.4, 0.5) is 4.39 Å². The second kappa shape index (κ2) is 3.26. The number of hydrogen-bond acceptors (Lipinski definition) is 1. The third kappa shape index (κ3) is 1.96. The second-order valence-corrected chi connectivity index (χ2v) is 3.38. The second-order valence-electron chi connectivity index (χ2n) is 2.86. The molecule has 0 aliphatic carbocycles. The van der Waals surface area contributed by atoms with Crippen molar-refractivity contribution in [1.29, 1.82) is 0 Å². The van der Waals surface area contributed by atoms with E-state index in [0.717, 1.165) is 5.56 Å². The number of benzene rings is 1. The lowest BCUT2D eigenvalue weighted by molar-refractivity contribution is 0.595. The van der Waals surface area contributed by atoms with Crippen LogP contribution in [0.5, 0.6) is 0 Å². The van der Waals surface area contributed by atoms with Crippen molar-refractivity contribution >= 4 is 12.6 Å². The van der Waals surface area contributed by atoms with Gasteiger partial charge in [0.2, 0.25) is 0 Å². The largest absolute Gasteiger partial charge is 0.207 e. The monoisotopic (exact) mass is 170 g/mol. The molecule has 0 radical (unpaired) electrons. The van der Waals surface area contributed by atoms with Gasteiger partial charge in [-0.1, -0.05) is 19.9 Å². The number of hydrogen-bond donors (Lipinski definition) is 1. The summed E-state index contributed by atoms with van der Waals surface area (Å²) < 4.78 is 13.1. The van der Waals surface area contributed by atoms with Crippen molar-refractivity contribution in [3.63, 3.8) is 0 Å². The summed E-state index contributed by atoms with van der Waals surface area (Å²) in [6.45, 7) is 3.94. The molecule has 60 valence electrons. The van der Waals surface area contributed by atoms with Crippen LogP contribution in [-0.2, 0) is 0 Å². The van der Waals surface area contributed by atoms with E-state index >= 15 is 0 Å². The Balaban J connectivity index is 3.09. The van der Waals surface area contributed by atoms with Crippen molar-refractivity contribution in [3.8, 4) is 0 Å². The average molecular weight is 170 g/mol. The van der Waals surface area contributed by atoms with E-state index in [-0.39, 0.29) is 11.7 Å². The van der Waals surface area contributed by atoms with Gasteiger partial charge in [0.05, 0.1) is 0 Å². The van der Waals surface area contributed by atoms with Crippen LogP contribution in [0.1, 0.15) is 25.3 Å². The fraction of sp³-hybridized carbons (Fsp3) is 0.333. The molecule has 0 amide bonds. The van der Waals surface area contributed by atoms with Crippen LogP contribution >= 0.6 is 12.6 Å². The smallest absolute Gasteiger partial charge is 0.127 e. The molecular formula is C9H11FS. The van der Waals surface area contributed by atoms with Crippen molar-refractivity contribution < 1.29 is 4.39 Å². The molecule has 0 unspecified atom stereocenters. The normalized spacial score (nSPS) is 10.6. The number of rotatable bonds is 1. The third-order valence-corrected chi connectivity index (χ3v) is 1.88. The highest BCUT2D eigenvalue weighted by atomic mass is 32.1. The molecule has 0 aromatic heterocycles. The van der Waals surface area contributed by atoms with Crippen molar-refractivity contribution in [1.82, 2.24) is 0 Å². The van der Waals surface area contributed by atoms with Gasteiger partial charge < -0.3 is 0 Å². The molecule has 0 aliphatic heterocycles. The topological polar surface area (TPSA) is 0 Å². The fourth-order valence-corrected chi connectivity index (χ4v) is 1.17. The third-order valence-electron chi connectivity index (χ3n) is 1.61. The van der Waals surface area contributed by atoms with E-state index in [1.165, 1.54) is 6.07 Å². The van der Waals surface area contributed by atoms with E-state index < -0.39 is 0 Å². The summed E-state index contributed by atoms with van der Waals surface area (Å²) in [5, 5.41) is 0. The van der Waals surface area contributed by atoms with Crippen molar-refractivity contribution in [2.24, 2.45) is 0 Å². The van der Waals surface area contributed by atoms with Gasteiger partial charge in [0.1, 0.15) is 5.82 Å². The summed E-state index contributed by atoms with van der Waals surface area (Å²) >= 11 is 4.03. The molecule has 1 aromatic carbocycles. The molecule has 0 spiro atoms. The molecule has 0 nitrogen and oxygen atoms in total. The maximum absolute atomic E-state index is 13.1. The Morgan fingerprint density at radius 2 is 2.00 bits per heavy atom. The highest BCUT2D eigenvalue weighted by molar-refractivity contribution is 7.80. The molecule has 0 heterocycles. The van der Waals surface area contributed by atoms with Gasteiger partial charge in [-0.25, -0.2) is 4.39 Å². The van der Waals surface area contributed by atoms with E-state index in [9.17, 15) is 4.39 Å². The minimum atomic E-state index is -0.160. The Kier molecular flexibility index (Phi) is 2.55. The van der Waals surface area contributed by atoms with Crippen LogP contribution in [0, 0.1) is 5.82 Å². The lowest BCUT2D eigenvalue weighted by Crippen LogP contribution is -1.91. The average Bonchev–Trinajstić information content (AvgIpc) is 1.85. The molecule has 0 aliphatic rings. The number of halogens is 1. The zero-order valence-electron chi connectivity index (χ0n) is 6.63. The number of thiol groups is 1. The molecule has 0 saturated carbocycles. The SMILES string of the molecule is CC(C)c1ccc(S)cc1F. The summed E-state index contributed by atoms with van der Waals surface area (Å²) in [6.07, 6.45) is 0. The van der Waals surface area contributed by atoms with Crippen molar-refractivity contribution in [2.75, 3.05) is 0 Å². The van der Waals surface area contributed by atoms with Gasteiger partial charge in [-0.05, 0) is 23.6 Å². The van der Waals surface area contributed by atoms with Gasteiger partial charge in [-0.15, -0.1) is 12.6 Å². The van der Waals surface area contributed by atoms with E-state index in [1.807, 2.05) is 19.9 Å². The molecule has 0 saturated heterocycles. The zero-order chi connectivity index (χ0) is 8.43. The zero-order valence-corrected chi connectivity index (χ0v) is 7.53. The summed E-state index contributed by atoms with van der Waals surface area (Å²) in [6, 6.07) is 5.03. The quantitative estimate of drug-likeness (QED) is 0.614. The first-order valence-corrected chi connectivity index (χ1v) is 4.04. The molecule has 2 heteroatoms. The Hall–Kier alpha value is -0.500. The lowest BCUT2D eigenvalue weighted by Gasteiger charge is -2.06. The standard InChI is InChI=1S/C9H11FS/c1-6(2)8-4-3-7(11)5-9(8)10/h3-6,11H,1-2H3. The Morgan fingerprint density at radius 1 is 1.36 bits per heavy atom. The lowest BCUT2D eigenvalue weighted by atomic mass is 10.0. The van der Waals surface area contributed by atoms with E-state index in [2.05, 4.69) is 12.6 Å². The minimum Gasteiger partial charge on any atom is -0.207 e. The Morgan fingerprint density at radius 3 is 2.45 bits per heavy atom. The van der Waals surface area contributed by atoms with E-state index in [4.69, 9.17) is 0 Å². The molecule has 0 N–H and O–H groups in total. The molecule has 1 rings (SSSR count). The molecule has 0 bridgehead atoms. The summed E-state index contributed by atoms with van der Waals surface area (Å²) in [4.78, 5) is 0.673. The first kappa shape index (κ1) is 8.60. The Labute approximate surface area is 71.8 Å². The van der Waals surface area contributed by atoms with Gasteiger partial charge in [0.15, 0.2) is 0 Å². The maximum atomic E-state index is 13.1. The van der Waals surface area contributed by atoms with Crippen LogP contribution in [0.3, 0.4) is 0 Å². The molecule has 0 atom stereocenters. The fourth-order valence-electron chi connectivity index (χ4n) is 0.984. The maximum Gasteiger partial charge on any atom is 0.127 e. The molecular weight excluding hydrogens is 159 g/mol.